The Hall–Kier alpha value is -3.17. The van der Waals surface area contributed by atoms with Gasteiger partial charge in [-0.05, 0) is 5.56 Å². The van der Waals surface area contributed by atoms with Gasteiger partial charge in [-0.1, -0.05) is 30.3 Å². The number of imidazole rings is 1. The normalized spacial score (nSPS) is 24.6. The summed E-state index contributed by atoms with van der Waals surface area (Å²) in [6.07, 6.45) is -2.84. The summed E-state index contributed by atoms with van der Waals surface area (Å²) in [7, 11) is -4.62. The van der Waals surface area contributed by atoms with Crippen molar-refractivity contribution >= 4 is 33.2 Å². The maximum absolute atomic E-state index is 12.0. The summed E-state index contributed by atoms with van der Waals surface area (Å²) in [4.78, 5) is 11.9. The highest BCUT2D eigenvalue weighted by Gasteiger charge is 2.45. The van der Waals surface area contributed by atoms with Gasteiger partial charge < -0.3 is 25.8 Å². The van der Waals surface area contributed by atoms with Gasteiger partial charge in [0.1, 0.15) is 30.2 Å². The summed E-state index contributed by atoms with van der Waals surface area (Å²) >= 11 is 0. The molecule has 0 spiro atoms. The molecular formula is C17H17N6O7S-. The van der Waals surface area contributed by atoms with Gasteiger partial charge in [0.05, 0.1) is 12.9 Å². The largest absolute Gasteiger partial charge is 0.858 e. The molecule has 14 heteroatoms. The van der Waals surface area contributed by atoms with Crippen molar-refractivity contribution in [1.82, 2.24) is 19.5 Å². The maximum atomic E-state index is 12.0. The Labute approximate surface area is 175 Å². The molecule has 4 atom stereocenters. The van der Waals surface area contributed by atoms with Crippen LogP contribution >= 0.6 is 0 Å². The number of ether oxygens (including phenoxy) is 1. The van der Waals surface area contributed by atoms with Crippen molar-refractivity contribution in [3.63, 3.8) is 0 Å². The number of aliphatic hydroxyl groups excluding tert-OH is 2. The fourth-order valence-corrected chi connectivity index (χ4v) is 3.73. The lowest BCUT2D eigenvalue weighted by Gasteiger charge is -2.16. The predicted molar refractivity (Wildman–Crippen MR) is 104 cm³/mol. The molecule has 2 aromatic heterocycles. The van der Waals surface area contributed by atoms with E-state index in [9.17, 15) is 23.7 Å². The Bertz CT molecular complexity index is 1220. The van der Waals surface area contributed by atoms with Gasteiger partial charge in [-0.3, -0.25) is 4.57 Å². The molecule has 0 unspecified atom stereocenters. The van der Waals surface area contributed by atoms with Crippen LogP contribution in [-0.2, 0) is 19.2 Å². The lowest BCUT2D eigenvalue weighted by Crippen LogP contribution is -2.34. The van der Waals surface area contributed by atoms with E-state index in [0.717, 1.165) is 0 Å². The van der Waals surface area contributed by atoms with Crippen LogP contribution in [0.1, 0.15) is 11.8 Å². The fourth-order valence-electron chi connectivity index (χ4n) is 3.07. The van der Waals surface area contributed by atoms with Gasteiger partial charge in [-0.25, -0.2) is 19.1 Å². The van der Waals surface area contributed by atoms with Crippen LogP contribution in [0.2, 0.25) is 0 Å². The van der Waals surface area contributed by atoms with Gasteiger partial charge in [-0.15, -0.1) is 0 Å². The number of nitrogen functional groups attached to an aromatic ring is 1. The van der Waals surface area contributed by atoms with Crippen molar-refractivity contribution in [3.8, 4) is 0 Å². The molecule has 0 aliphatic carbocycles. The minimum atomic E-state index is -4.62. The molecule has 4 rings (SSSR count). The molecule has 3 heterocycles. The highest BCUT2D eigenvalue weighted by molar-refractivity contribution is 7.85. The van der Waals surface area contributed by atoms with Crippen molar-refractivity contribution in [1.29, 1.82) is 0 Å². The molecule has 1 aromatic carbocycles. The van der Waals surface area contributed by atoms with Crippen LogP contribution in [0.5, 0.6) is 0 Å². The van der Waals surface area contributed by atoms with Gasteiger partial charge in [0.2, 0.25) is 0 Å². The molecule has 164 valence electrons. The summed E-state index contributed by atoms with van der Waals surface area (Å²) in [6.45, 7) is -0.688. The molecule has 0 saturated carbocycles. The van der Waals surface area contributed by atoms with E-state index in [-0.39, 0.29) is 22.5 Å². The summed E-state index contributed by atoms with van der Waals surface area (Å²) < 4.78 is 38.7. The summed E-state index contributed by atoms with van der Waals surface area (Å²) in [5.74, 6) is -0.888. The maximum Gasteiger partial charge on any atom is 0.380 e. The summed E-state index contributed by atoms with van der Waals surface area (Å²) in [5, 5.41) is 32.6. The third-order valence-electron chi connectivity index (χ3n) is 4.60. The van der Waals surface area contributed by atoms with Gasteiger partial charge in [0, 0.05) is 5.90 Å². The first-order valence-electron chi connectivity index (χ1n) is 8.93. The molecule has 3 aromatic rings. The first-order valence-corrected chi connectivity index (χ1v) is 10.3. The summed E-state index contributed by atoms with van der Waals surface area (Å²) in [6, 6.07) is 7.57. The molecule has 4 N–H and O–H groups in total. The van der Waals surface area contributed by atoms with E-state index >= 15 is 0 Å². The molecule has 1 saturated heterocycles. The first kappa shape index (κ1) is 21.1. The van der Waals surface area contributed by atoms with Crippen LogP contribution in [0.4, 0.5) is 5.82 Å². The Morgan fingerprint density at radius 1 is 1.23 bits per heavy atom. The number of anilines is 1. The van der Waals surface area contributed by atoms with Crippen molar-refractivity contribution in [3.05, 3.63) is 48.5 Å². The first-order chi connectivity index (χ1) is 14.8. The van der Waals surface area contributed by atoms with E-state index in [0.29, 0.717) is 0 Å². The van der Waals surface area contributed by atoms with Crippen LogP contribution in [-0.4, -0.2) is 69.0 Å². The SMILES string of the molecule is Nc1ncnc2c1ncn2[C@@H]1O[C@H](COS(=O)(=O)/N=C(\[O-])c2ccccc2)[C@@H](O)[C@H]1O. The Morgan fingerprint density at radius 3 is 2.71 bits per heavy atom. The third-order valence-corrected chi connectivity index (χ3v) is 5.42. The zero-order valence-corrected chi connectivity index (χ0v) is 16.5. The van der Waals surface area contributed by atoms with Crippen molar-refractivity contribution in [2.75, 3.05) is 12.3 Å². The molecule has 0 radical (unpaired) electrons. The highest BCUT2D eigenvalue weighted by Crippen LogP contribution is 2.32. The smallest absolute Gasteiger partial charge is 0.380 e. The Morgan fingerprint density at radius 2 is 1.97 bits per heavy atom. The number of nitrogens with two attached hydrogens (primary N) is 1. The number of aliphatic hydroxyl groups is 2. The van der Waals surface area contributed by atoms with Gasteiger partial charge in [0.15, 0.2) is 17.7 Å². The van der Waals surface area contributed by atoms with E-state index in [2.05, 4.69) is 19.3 Å². The number of hydrogen-bond acceptors (Lipinski definition) is 11. The molecular weight excluding hydrogens is 432 g/mol. The fraction of sp³-hybridized carbons (Fsp3) is 0.294. The zero-order valence-electron chi connectivity index (χ0n) is 15.7. The quantitative estimate of drug-likeness (QED) is 0.280. The molecule has 1 aliphatic heterocycles. The number of benzene rings is 1. The van der Waals surface area contributed by atoms with E-state index in [4.69, 9.17) is 14.7 Å². The standard InChI is InChI=1S/C17H18N6O7S/c18-14-11-15(20-7-19-14)23(8-21-11)17-13(25)12(24)10(30-17)6-29-31(27,28)22-16(26)9-4-2-1-3-5-9/h1-5,7-8,10,12-13,17,24-25H,6H2,(H,22,26)(H2,18,19,20)/p-1/t10-,12-,13-,17-/m1/s1. The van der Waals surface area contributed by atoms with Gasteiger partial charge in [-0.2, -0.15) is 12.8 Å². The Balaban J connectivity index is 1.48. The van der Waals surface area contributed by atoms with Crippen molar-refractivity contribution < 1.29 is 32.7 Å². The molecule has 0 bridgehead atoms. The lowest BCUT2D eigenvalue weighted by atomic mass is 10.1. The van der Waals surface area contributed by atoms with Crippen LogP contribution in [0.3, 0.4) is 0 Å². The van der Waals surface area contributed by atoms with E-state index < -0.39 is 47.3 Å². The summed E-state index contributed by atoms with van der Waals surface area (Å²) in [5.41, 5.74) is 6.32. The number of fused-ring (bicyclic) bond motifs is 1. The van der Waals surface area contributed by atoms with E-state index in [1.165, 1.54) is 29.4 Å². The minimum Gasteiger partial charge on any atom is -0.858 e. The number of aromatic nitrogens is 4. The van der Waals surface area contributed by atoms with Crippen molar-refractivity contribution in [2.24, 2.45) is 4.40 Å². The Kier molecular flexibility index (Phi) is 5.55. The van der Waals surface area contributed by atoms with E-state index in [1.54, 1.807) is 18.2 Å². The minimum absolute atomic E-state index is 0.0653. The van der Waals surface area contributed by atoms with Crippen LogP contribution in [0.25, 0.3) is 11.2 Å². The zero-order chi connectivity index (χ0) is 22.2. The average Bonchev–Trinajstić information content (AvgIpc) is 3.29. The third kappa shape index (κ3) is 4.19. The average molecular weight is 449 g/mol. The number of rotatable bonds is 6. The van der Waals surface area contributed by atoms with Crippen LogP contribution in [0.15, 0.2) is 47.4 Å². The monoisotopic (exact) mass is 449 g/mol. The van der Waals surface area contributed by atoms with Crippen molar-refractivity contribution in [2.45, 2.75) is 24.5 Å². The molecule has 1 fully saturated rings. The molecule has 13 nitrogen and oxygen atoms in total. The second kappa shape index (κ2) is 8.16. The molecule has 31 heavy (non-hydrogen) atoms. The number of nitrogens with zero attached hydrogens (tertiary/aromatic N) is 5. The topological polar surface area (TPSA) is 198 Å². The van der Waals surface area contributed by atoms with Crippen LogP contribution in [0, 0.1) is 0 Å². The second-order valence-corrected chi connectivity index (χ2v) is 7.88. The second-order valence-electron chi connectivity index (χ2n) is 6.60. The van der Waals surface area contributed by atoms with E-state index in [1.807, 2.05) is 0 Å². The predicted octanol–water partition coefficient (Wildman–Crippen LogP) is -1.90. The molecule has 0 amide bonds. The van der Waals surface area contributed by atoms with Gasteiger partial charge >= 0.3 is 10.3 Å². The molecule has 1 aliphatic rings. The van der Waals surface area contributed by atoms with Crippen LogP contribution < -0.4 is 10.8 Å². The lowest BCUT2D eigenvalue weighted by molar-refractivity contribution is -0.212. The highest BCUT2D eigenvalue weighted by atomic mass is 32.2. The van der Waals surface area contributed by atoms with Gasteiger partial charge in [0.25, 0.3) is 0 Å². The number of hydrogen-bond donors (Lipinski definition) is 3.